The third-order valence-corrected chi connectivity index (χ3v) is 4.31. The molecule has 7 nitrogen and oxygen atoms in total. The number of imidazole rings is 1. The highest BCUT2D eigenvalue weighted by Gasteiger charge is 2.21. The van der Waals surface area contributed by atoms with Gasteiger partial charge in [0.2, 0.25) is 5.78 Å². The average Bonchev–Trinajstić information content (AvgIpc) is 3.17. The van der Waals surface area contributed by atoms with Crippen molar-refractivity contribution in [2.24, 2.45) is 0 Å². The predicted octanol–water partition coefficient (Wildman–Crippen LogP) is 3.99. The number of methoxy groups -OCH3 is 1. The Morgan fingerprint density at radius 3 is 2.43 bits per heavy atom. The van der Waals surface area contributed by atoms with E-state index < -0.39 is 5.97 Å². The molecule has 0 aliphatic carbocycles. The van der Waals surface area contributed by atoms with Gasteiger partial charge in [0.1, 0.15) is 17.8 Å². The first-order valence-electron chi connectivity index (χ1n) is 9.47. The molecule has 1 N–H and O–H groups in total. The van der Waals surface area contributed by atoms with Gasteiger partial charge in [-0.1, -0.05) is 30.3 Å². The Morgan fingerprint density at radius 1 is 1.10 bits per heavy atom. The summed E-state index contributed by atoms with van der Waals surface area (Å²) in [6.45, 7) is 3.73. The van der Waals surface area contributed by atoms with Gasteiger partial charge in [-0.15, -0.1) is 0 Å². The number of aromatic nitrogens is 2. The standard InChI is InChI=1S/C23H23N3O4/c1-4-30-20(27)14-16(2)25-23-21(22(28)17-8-6-5-7-9-17)26(15-24-23)18-10-12-19(29-3)13-11-18/h5-15,25H,4H2,1-3H3/b16-14+. The summed E-state index contributed by atoms with van der Waals surface area (Å²) in [5, 5.41) is 3.05. The minimum atomic E-state index is -0.465. The van der Waals surface area contributed by atoms with Crippen molar-refractivity contribution in [3.63, 3.8) is 0 Å². The molecular weight excluding hydrogens is 382 g/mol. The highest BCUT2D eigenvalue weighted by molar-refractivity contribution is 6.11. The van der Waals surface area contributed by atoms with E-state index in [1.54, 1.807) is 56.1 Å². The SMILES string of the molecule is CCOC(=O)/C=C(\C)Nc1ncn(-c2ccc(OC)cc2)c1C(=O)c1ccccc1. The van der Waals surface area contributed by atoms with Crippen LogP contribution in [0.15, 0.2) is 72.7 Å². The topological polar surface area (TPSA) is 82.4 Å². The van der Waals surface area contributed by atoms with Gasteiger partial charge in [-0.3, -0.25) is 9.36 Å². The van der Waals surface area contributed by atoms with Crippen molar-refractivity contribution >= 4 is 17.6 Å². The summed E-state index contributed by atoms with van der Waals surface area (Å²) in [4.78, 5) is 29.4. The quantitative estimate of drug-likeness (QED) is 0.347. The van der Waals surface area contributed by atoms with Crippen LogP contribution >= 0.6 is 0 Å². The lowest BCUT2D eigenvalue weighted by Crippen LogP contribution is -2.12. The van der Waals surface area contributed by atoms with E-state index >= 15 is 0 Å². The predicted molar refractivity (Wildman–Crippen MR) is 114 cm³/mol. The van der Waals surface area contributed by atoms with Crippen LogP contribution in [0.3, 0.4) is 0 Å². The fraction of sp³-hybridized carbons (Fsp3) is 0.174. The molecule has 0 atom stereocenters. The van der Waals surface area contributed by atoms with Crippen LogP contribution in [0.25, 0.3) is 5.69 Å². The molecule has 0 saturated heterocycles. The van der Waals surface area contributed by atoms with E-state index in [-0.39, 0.29) is 12.4 Å². The van der Waals surface area contributed by atoms with Crippen LogP contribution in [0.5, 0.6) is 5.75 Å². The van der Waals surface area contributed by atoms with Crippen LogP contribution in [-0.4, -0.2) is 35.0 Å². The highest BCUT2D eigenvalue weighted by Crippen LogP contribution is 2.24. The van der Waals surface area contributed by atoms with Gasteiger partial charge in [0.25, 0.3) is 0 Å². The lowest BCUT2D eigenvalue weighted by Gasteiger charge is -2.11. The summed E-state index contributed by atoms with van der Waals surface area (Å²) in [7, 11) is 1.59. The fourth-order valence-corrected chi connectivity index (χ4v) is 2.91. The average molecular weight is 405 g/mol. The monoisotopic (exact) mass is 405 g/mol. The summed E-state index contributed by atoms with van der Waals surface area (Å²) in [6, 6.07) is 16.3. The van der Waals surface area contributed by atoms with E-state index in [4.69, 9.17) is 9.47 Å². The van der Waals surface area contributed by atoms with Crippen molar-refractivity contribution in [2.75, 3.05) is 19.0 Å². The van der Waals surface area contributed by atoms with E-state index in [1.165, 1.54) is 6.08 Å². The van der Waals surface area contributed by atoms with E-state index in [0.29, 0.717) is 28.5 Å². The zero-order valence-electron chi connectivity index (χ0n) is 17.1. The Hall–Kier alpha value is -3.87. The molecule has 0 aliphatic rings. The van der Waals surface area contributed by atoms with Crippen molar-refractivity contribution in [1.82, 2.24) is 9.55 Å². The molecule has 0 fully saturated rings. The Morgan fingerprint density at radius 2 is 1.80 bits per heavy atom. The Labute approximate surface area is 175 Å². The van der Waals surface area contributed by atoms with E-state index in [0.717, 1.165) is 5.69 Å². The van der Waals surface area contributed by atoms with Gasteiger partial charge in [-0.2, -0.15) is 0 Å². The van der Waals surface area contributed by atoms with E-state index in [1.807, 2.05) is 30.3 Å². The lowest BCUT2D eigenvalue weighted by molar-refractivity contribution is -0.137. The minimum Gasteiger partial charge on any atom is -0.497 e. The molecule has 0 radical (unpaired) electrons. The summed E-state index contributed by atoms with van der Waals surface area (Å²) in [6.07, 6.45) is 2.89. The number of ketones is 1. The first-order chi connectivity index (χ1) is 14.5. The van der Waals surface area contributed by atoms with Crippen molar-refractivity contribution in [2.45, 2.75) is 13.8 Å². The smallest absolute Gasteiger partial charge is 0.332 e. The first-order valence-corrected chi connectivity index (χ1v) is 9.47. The largest absolute Gasteiger partial charge is 0.497 e. The third-order valence-electron chi connectivity index (χ3n) is 4.31. The van der Waals surface area contributed by atoms with Gasteiger partial charge < -0.3 is 14.8 Å². The molecule has 0 saturated carbocycles. The zero-order chi connectivity index (χ0) is 21.5. The molecule has 3 aromatic rings. The van der Waals surface area contributed by atoms with Gasteiger partial charge in [0, 0.05) is 23.0 Å². The molecule has 0 aliphatic heterocycles. The maximum atomic E-state index is 13.3. The van der Waals surface area contributed by atoms with Gasteiger partial charge in [0.15, 0.2) is 5.82 Å². The molecular formula is C23H23N3O4. The molecule has 154 valence electrons. The van der Waals surface area contributed by atoms with Gasteiger partial charge in [-0.05, 0) is 38.1 Å². The second-order valence-electron chi connectivity index (χ2n) is 6.41. The number of benzene rings is 2. The highest BCUT2D eigenvalue weighted by atomic mass is 16.5. The normalized spacial score (nSPS) is 11.1. The summed E-state index contributed by atoms with van der Waals surface area (Å²) in [5.41, 5.74) is 2.14. The number of anilines is 1. The third kappa shape index (κ3) is 4.75. The Kier molecular flexibility index (Phi) is 6.64. The number of allylic oxidation sites excluding steroid dienone is 1. The first kappa shape index (κ1) is 20.9. The summed E-state index contributed by atoms with van der Waals surface area (Å²) < 4.78 is 11.8. The Balaban J connectivity index is 2.03. The molecule has 0 spiro atoms. The molecule has 2 aromatic carbocycles. The molecule has 0 unspecified atom stereocenters. The van der Waals surface area contributed by atoms with Crippen LogP contribution in [0, 0.1) is 0 Å². The number of nitrogens with zero attached hydrogens (tertiary/aromatic N) is 2. The molecule has 3 rings (SSSR count). The number of carbonyl (C=O) groups is 2. The number of nitrogens with one attached hydrogen (secondary N) is 1. The van der Waals surface area contributed by atoms with E-state index in [9.17, 15) is 9.59 Å². The van der Waals surface area contributed by atoms with Gasteiger partial charge in [-0.25, -0.2) is 9.78 Å². The Bertz CT molecular complexity index is 1050. The van der Waals surface area contributed by atoms with Crippen molar-refractivity contribution in [3.05, 3.63) is 84.0 Å². The maximum absolute atomic E-state index is 13.3. The van der Waals surface area contributed by atoms with Gasteiger partial charge >= 0.3 is 5.97 Å². The second-order valence-corrected chi connectivity index (χ2v) is 6.41. The van der Waals surface area contributed by atoms with Crippen LogP contribution < -0.4 is 10.1 Å². The molecule has 7 heteroatoms. The number of esters is 1. The zero-order valence-corrected chi connectivity index (χ0v) is 17.1. The maximum Gasteiger partial charge on any atom is 0.332 e. The number of carbonyl (C=O) groups excluding carboxylic acids is 2. The summed E-state index contributed by atoms with van der Waals surface area (Å²) in [5.74, 6) is 0.391. The van der Waals surface area contributed by atoms with E-state index in [2.05, 4.69) is 10.3 Å². The number of hydrogen-bond donors (Lipinski definition) is 1. The fourth-order valence-electron chi connectivity index (χ4n) is 2.91. The van der Waals surface area contributed by atoms with Crippen molar-refractivity contribution < 1.29 is 19.1 Å². The number of ether oxygens (including phenoxy) is 2. The molecule has 1 heterocycles. The molecule has 1 aromatic heterocycles. The summed E-state index contributed by atoms with van der Waals surface area (Å²) >= 11 is 0. The van der Waals surface area contributed by atoms with Crippen LogP contribution in [-0.2, 0) is 9.53 Å². The van der Waals surface area contributed by atoms with Crippen molar-refractivity contribution in [3.8, 4) is 11.4 Å². The van der Waals surface area contributed by atoms with Crippen LogP contribution in [0.1, 0.15) is 29.9 Å². The van der Waals surface area contributed by atoms with Crippen LogP contribution in [0.4, 0.5) is 5.82 Å². The molecule has 0 amide bonds. The van der Waals surface area contributed by atoms with Gasteiger partial charge in [0.05, 0.1) is 13.7 Å². The van der Waals surface area contributed by atoms with Crippen LogP contribution in [0.2, 0.25) is 0 Å². The number of hydrogen-bond acceptors (Lipinski definition) is 6. The van der Waals surface area contributed by atoms with Crippen molar-refractivity contribution in [1.29, 1.82) is 0 Å². The molecule has 0 bridgehead atoms. The second kappa shape index (κ2) is 9.56. The molecule has 30 heavy (non-hydrogen) atoms. The number of rotatable bonds is 8. The minimum absolute atomic E-state index is 0.199. The lowest BCUT2D eigenvalue weighted by atomic mass is 10.1.